The van der Waals surface area contributed by atoms with Crippen LogP contribution in [-0.4, -0.2) is 231 Å². The highest BCUT2D eigenvalue weighted by molar-refractivity contribution is 6.01. The predicted octanol–water partition coefficient (Wildman–Crippen LogP) is -6.57. The highest BCUT2D eigenvalue weighted by atomic mass is 16.4. The number of carboxylic acid groups (broad SMARTS) is 3. The number of hydrogen-bond acceptors (Lipinski definition) is 19. The van der Waals surface area contributed by atoms with E-state index in [1.165, 1.54) is 64.9 Å². The molecule has 0 saturated carbocycles. The van der Waals surface area contributed by atoms with Gasteiger partial charge in [0.25, 0.3) is 0 Å². The maximum Gasteiger partial charge on any atom is 0.326 e. The molecule has 2 aliphatic heterocycles. The van der Waals surface area contributed by atoms with Crippen LogP contribution in [0.4, 0.5) is 0 Å². The number of amides is 12. The summed E-state index contributed by atoms with van der Waals surface area (Å²) >= 11 is 0. The second-order valence-electron chi connectivity index (χ2n) is 22.7. The van der Waals surface area contributed by atoms with Crippen molar-refractivity contribution in [1.82, 2.24) is 77.6 Å². The average molecular weight is 1310 g/mol. The molecule has 2 aliphatic rings. The van der Waals surface area contributed by atoms with E-state index in [2.05, 4.69) is 67.8 Å². The molecule has 12 amide bonds. The Hall–Kier alpha value is -10.4. The molecule has 0 aliphatic carbocycles. The number of carboxylic acids is 3. The van der Waals surface area contributed by atoms with Crippen LogP contribution >= 0.6 is 0 Å². The number of aromatic amines is 2. The molecule has 36 heteroatoms. The predicted molar refractivity (Wildman–Crippen MR) is 319 cm³/mol. The first-order chi connectivity index (χ1) is 44.0. The van der Waals surface area contributed by atoms with Crippen LogP contribution < -0.4 is 59.3 Å². The molecule has 5 rings (SSSR count). The topological polar surface area (TPSA) is 561 Å². The summed E-state index contributed by atoms with van der Waals surface area (Å²) < 4.78 is 0. The van der Waals surface area contributed by atoms with E-state index < -0.39 is 200 Å². The van der Waals surface area contributed by atoms with Gasteiger partial charge in [-0.05, 0) is 51.0 Å². The maximum atomic E-state index is 14.6. The number of imidazole rings is 2. The highest BCUT2D eigenvalue weighted by Crippen LogP contribution is 2.22. The van der Waals surface area contributed by atoms with Crippen molar-refractivity contribution in [2.75, 3.05) is 19.7 Å². The summed E-state index contributed by atoms with van der Waals surface area (Å²) in [7, 11) is 0. The van der Waals surface area contributed by atoms with Crippen LogP contribution in [0.3, 0.4) is 0 Å². The number of carbonyl (C=O) groups excluding carboxylic acids is 12. The maximum absolute atomic E-state index is 14.6. The molecule has 1 aromatic carbocycles. The van der Waals surface area contributed by atoms with Crippen LogP contribution in [0.2, 0.25) is 0 Å². The number of aliphatic hydroxyl groups is 1. The summed E-state index contributed by atoms with van der Waals surface area (Å²) in [6.45, 7) is 4.54. The van der Waals surface area contributed by atoms with Crippen molar-refractivity contribution in [3.05, 3.63) is 72.3 Å². The number of H-pyrrole nitrogens is 2. The van der Waals surface area contributed by atoms with Gasteiger partial charge in [-0.1, -0.05) is 44.2 Å². The molecule has 3 aromatic rings. The molecule has 4 heterocycles. The third-order valence-electron chi connectivity index (χ3n) is 15.1. The molecule has 0 spiro atoms. The molecule has 0 unspecified atom stereocenters. The van der Waals surface area contributed by atoms with Crippen LogP contribution in [-0.2, 0) is 91.2 Å². The third-order valence-corrected chi connectivity index (χ3v) is 15.1. The van der Waals surface area contributed by atoms with Gasteiger partial charge in [-0.25, -0.2) is 14.8 Å². The van der Waals surface area contributed by atoms with Crippen LogP contribution in [0.1, 0.15) is 89.6 Å². The standard InChI is InChI=1S/C57H79N17O19/c1-27(2)45(57(92)93)72-52(87)39(24-75)71-54(89)41-13-9-15-74(41)56(91)38(19-42(59)76)70-48(83)33(16-30-10-6-5-7-11-30)66-50(85)35(20-43(77)78)67-51(86)36(21-44(79)80)68-53(88)40-12-8-14-73(40)55(90)37(18-32-23-61-26-63-32)69-49(84)34(17-31-22-60-25-62-31)65-47(82)29(4)64-46(81)28(3)58/h5-7,10-11,22-23,25-29,33-41,45,75H,8-9,12-21,24,58H2,1-4H3,(H2,59,76)(H,60,62)(H,61,63)(H,64,81)(H,65,82)(H,66,85)(H,67,86)(H,68,88)(H,69,84)(H,70,83)(H,71,89)(H,72,87)(H,77,78)(H,79,80)(H,92,93)/t28-,29-,33-,34-,35-,36-,37-,38-,39-,40-,41-,45-/m0/s1. The zero-order chi connectivity index (χ0) is 68.8. The number of nitrogens with zero attached hydrogens (tertiary/aromatic N) is 4. The minimum atomic E-state index is -2.14. The third kappa shape index (κ3) is 21.9. The number of carbonyl (C=O) groups is 15. The van der Waals surface area contributed by atoms with E-state index in [4.69, 9.17) is 11.5 Å². The van der Waals surface area contributed by atoms with Crippen molar-refractivity contribution < 1.29 is 92.3 Å². The Kier molecular flexibility index (Phi) is 27.4. The molecule has 2 saturated heterocycles. The fourth-order valence-electron chi connectivity index (χ4n) is 10.2. The lowest BCUT2D eigenvalue weighted by Crippen LogP contribution is -2.61. The molecule has 506 valence electrons. The van der Waals surface area contributed by atoms with E-state index in [9.17, 15) is 92.3 Å². The smallest absolute Gasteiger partial charge is 0.326 e. The second kappa shape index (κ2) is 34.7. The number of nitrogens with one attached hydrogen (secondary N) is 11. The van der Waals surface area contributed by atoms with E-state index in [0.29, 0.717) is 17.0 Å². The van der Waals surface area contributed by atoms with Gasteiger partial charge in [0, 0.05) is 56.1 Å². The van der Waals surface area contributed by atoms with E-state index >= 15 is 0 Å². The summed E-state index contributed by atoms with van der Waals surface area (Å²) in [5.74, 6) is -17.8. The first-order valence-electron chi connectivity index (χ1n) is 29.6. The lowest BCUT2D eigenvalue weighted by molar-refractivity contribution is -0.145. The van der Waals surface area contributed by atoms with Crippen molar-refractivity contribution >= 4 is 88.8 Å². The van der Waals surface area contributed by atoms with Crippen LogP contribution in [0.5, 0.6) is 0 Å². The largest absolute Gasteiger partial charge is 0.481 e. The molecule has 36 nitrogen and oxygen atoms in total. The molecule has 93 heavy (non-hydrogen) atoms. The van der Waals surface area contributed by atoms with Crippen molar-refractivity contribution in [2.24, 2.45) is 17.4 Å². The van der Waals surface area contributed by atoms with Gasteiger partial charge in [0.05, 0.1) is 44.6 Å². The molecular formula is C57H79N17O19. The molecule has 12 atom stereocenters. The number of aromatic nitrogens is 4. The van der Waals surface area contributed by atoms with Crippen molar-refractivity contribution in [3.63, 3.8) is 0 Å². The Morgan fingerprint density at radius 1 is 0.527 bits per heavy atom. The zero-order valence-corrected chi connectivity index (χ0v) is 51.3. The molecule has 0 radical (unpaired) electrons. The lowest BCUT2D eigenvalue weighted by Gasteiger charge is -2.31. The van der Waals surface area contributed by atoms with Gasteiger partial charge >= 0.3 is 17.9 Å². The number of aliphatic hydroxyl groups excluding tert-OH is 1. The Bertz CT molecular complexity index is 3180. The van der Waals surface area contributed by atoms with Crippen LogP contribution in [0, 0.1) is 5.92 Å². The quantitative estimate of drug-likeness (QED) is 0.0260. The Morgan fingerprint density at radius 2 is 0.957 bits per heavy atom. The van der Waals surface area contributed by atoms with Gasteiger partial charge in [0.15, 0.2) is 0 Å². The second-order valence-corrected chi connectivity index (χ2v) is 22.7. The number of nitrogens with two attached hydrogens (primary N) is 2. The van der Waals surface area contributed by atoms with E-state index in [1.807, 2.05) is 0 Å². The number of hydrogen-bond donors (Lipinski definition) is 17. The highest BCUT2D eigenvalue weighted by Gasteiger charge is 2.43. The van der Waals surface area contributed by atoms with Gasteiger partial charge in [-0.2, -0.15) is 0 Å². The average Bonchev–Trinajstić information content (AvgIpc) is 1.79. The number of rotatable bonds is 35. The molecule has 2 fully saturated rings. The fourth-order valence-corrected chi connectivity index (χ4v) is 10.2. The Morgan fingerprint density at radius 3 is 1.42 bits per heavy atom. The minimum absolute atomic E-state index is 0.0208. The Labute approximate surface area is 531 Å². The number of likely N-dealkylation sites (tertiary alicyclic amines) is 2. The normalized spacial score (nSPS) is 17.6. The molecule has 19 N–H and O–H groups in total. The first kappa shape index (κ1) is 73.3. The van der Waals surface area contributed by atoms with E-state index in [0.717, 1.165) is 9.80 Å². The summed E-state index contributed by atoms with van der Waals surface area (Å²) in [6, 6.07) is -11.0. The fraction of sp³-hybridized carbons (Fsp3) is 0.526. The zero-order valence-electron chi connectivity index (χ0n) is 51.3. The SMILES string of the molecule is CC(C)[C@H](NC(=O)[C@H](CO)NC(=O)[C@@H]1CCCN1C(=O)[C@H](CC(N)=O)NC(=O)[C@H](Cc1ccccc1)NC(=O)[C@H](CC(=O)O)NC(=O)[C@H](CC(=O)O)NC(=O)[C@@H]1CCCN1C(=O)[C@H](Cc1cnc[nH]1)NC(=O)[C@H](Cc1cnc[nH]1)NC(=O)[C@H](C)NC(=O)[C@H](C)N)C(=O)O. The minimum Gasteiger partial charge on any atom is -0.481 e. The van der Waals surface area contributed by atoms with Crippen LogP contribution in [0.15, 0.2) is 55.4 Å². The van der Waals surface area contributed by atoms with Gasteiger partial charge < -0.3 is 99.5 Å². The van der Waals surface area contributed by atoms with Gasteiger partial charge in [0.2, 0.25) is 70.9 Å². The Balaban J connectivity index is 1.34. The summed E-state index contributed by atoms with van der Waals surface area (Å²) in [6.07, 6.45) is 1.51. The van der Waals surface area contributed by atoms with E-state index in [-0.39, 0.29) is 51.6 Å². The molecule has 2 aromatic heterocycles. The molecular weight excluding hydrogens is 1230 g/mol. The summed E-state index contributed by atoms with van der Waals surface area (Å²) in [5.41, 5.74) is 12.2. The van der Waals surface area contributed by atoms with Gasteiger partial charge in [0.1, 0.15) is 66.5 Å². The van der Waals surface area contributed by atoms with Crippen molar-refractivity contribution in [3.8, 4) is 0 Å². The van der Waals surface area contributed by atoms with Crippen molar-refractivity contribution in [1.29, 1.82) is 0 Å². The van der Waals surface area contributed by atoms with E-state index in [1.54, 1.807) is 18.2 Å². The summed E-state index contributed by atoms with van der Waals surface area (Å²) in [4.78, 5) is 217. The number of benzene rings is 1. The van der Waals surface area contributed by atoms with Crippen LogP contribution in [0.25, 0.3) is 0 Å². The summed E-state index contributed by atoms with van der Waals surface area (Å²) in [5, 5.41) is 60.8. The van der Waals surface area contributed by atoms with Gasteiger partial charge in [-0.15, -0.1) is 0 Å². The monoisotopic (exact) mass is 1310 g/mol. The van der Waals surface area contributed by atoms with Gasteiger partial charge in [-0.3, -0.25) is 67.1 Å². The number of aliphatic carboxylic acids is 3. The number of primary amides is 1. The van der Waals surface area contributed by atoms with Crippen molar-refractivity contribution in [2.45, 2.75) is 164 Å². The molecule has 0 bridgehead atoms. The lowest BCUT2D eigenvalue weighted by atomic mass is 10.0. The first-order valence-corrected chi connectivity index (χ1v) is 29.6.